The van der Waals surface area contributed by atoms with E-state index in [1.54, 1.807) is 11.3 Å². The van der Waals surface area contributed by atoms with Crippen molar-refractivity contribution >= 4 is 17.3 Å². The lowest BCUT2D eigenvalue weighted by atomic mass is 10.2. The summed E-state index contributed by atoms with van der Waals surface area (Å²) in [6.45, 7) is 7.40. The Labute approximate surface area is 107 Å². The van der Waals surface area contributed by atoms with Crippen LogP contribution in [0, 0.1) is 6.92 Å². The van der Waals surface area contributed by atoms with E-state index in [-0.39, 0.29) is 0 Å². The number of thiophene rings is 1. The third-order valence-corrected chi connectivity index (χ3v) is 3.45. The molecule has 4 heteroatoms. The molecule has 2 aromatic rings. The van der Waals surface area contributed by atoms with Crippen molar-refractivity contribution < 1.29 is 0 Å². The SMILES string of the molecule is CCCn1cc(C)nc1NC(C)c1ccsc1. The van der Waals surface area contributed by atoms with Crippen LogP contribution in [-0.2, 0) is 6.54 Å². The van der Waals surface area contributed by atoms with E-state index >= 15 is 0 Å². The van der Waals surface area contributed by atoms with Crippen molar-refractivity contribution in [1.29, 1.82) is 0 Å². The van der Waals surface area contributed by atoms with Gasteiger partial charge in [-0.15, -0.1) is 0 Å². The summed E-state index contributed by atoms with van der Waals surface area (Å²) in [6.07, 6.45) is 3.23. The first-order valence-corrected chi connectivity index (χ1v) is 6.97. The molecule has 0 fully saturated rings. The summed E-state index contributed by atoms with van der Waals surface area (Å²) in [6, 6.07) is 2.46. The van der Waals surface area contributed by atoms with E-state index in [2.05, 4.69) is 51.7 Å². The molecule has 1 unspecified atom stereocenters. The molecule has 3 nitrogen and oxygen atoms in total. The fourth-order valence-electron chi connectivity index (χ4n) is 1.87. The van der Waals surface area contributed by atoms with Gasteiger partial charge in [0.15, 0.2) is 0 Å². The topological polar surface area (TPSA) is 29.9 Å². The Hall–Kier alpha value is -1.29. The van der Waals surface area contributed by atoms with Crippen LogP contribution in [0.2, 0.25) is 0 Å². The molecule has 17 heavy (non-hydrogen) atoms. The van der Waals surface area contributed by atoms with Gasteiger partial charge in [0, 0.05) is 12.7 Å². The number of nitrogens with zero attached hydrogens (tertiary/aromatic N) is 2. The summed E-state index contributed by atoms with van der Waals surface area (Å²) < 4.78 is 2.19. The molecule has 2 aromatic heterocycles. The molecule has 0 bridgehead atoms. The van der Waals surface area contributed by atoms with E-state index in [1.165, 1.54) is 5.56 Å². The van der Waals surface area contributed by atoms with E-state index in [4.69, 9.17) is 0 Å². The van der Waals surface area contributed by atoms with Gasteiger partial charge in [0.1, 0.15) is 0 Å². The highest BCUT2D eigenvalue weighted by Gasteiger charge is 2.10. The maximum Gasteiger partial charge on any atom is 0.203 e. The van der Waals surface area contributed by atoms with Gasteiger partial charge in [0.25, 0.3) is 0 Å². The molecule has 0 spiro atoms. The van der Waals surface area contributed by atoms with Crippen LogP contribution in [0.4, 0.5) is 5.95 Å². The van der Waals surface area contributed by atoms with Crippen molar-refractivity contribution in [2.24, 2.45) is 0 Å². The standard InChI is InChI=1S/C13H19N3S/c1-4-6-16-8-10(2)14-13(16)15-11(3)12-5-7-17-9-12/h5,7-9,11H,4,6H2,1-3H3,(H,14,15). The predicted octanol–water partition coefficient (Wildman–Crippen LogP) is 3.84. The smallest absolute Gasteiger partial charge is 0.203 e. The van der Waals surface area contributed by atoms with Crippen LogP contribution < -0.4 is 5.32 Å². The van der Waals surface area contributed by atoms with Gasteiger partial charge in [-0.2, -0.15) is 11.3 Å². The molecule has 0 amide bonds. The largest absolute Gasteiger partial charge is 0.349 e. The summed E-state index contributed by atoms with van der Waals surface area (Å²) >= 11 is 1.73. The Morgan fingerprint density at radius 2 is 2.35 bits per heavy atom. The number of imidazole rings is 1. The summed E-state index contributed by atoms with van der Waals surface area (Å²) in [5, 5.41) is 7.76. The Kier molecular flexibility index (Phi) is 3.84. The second kappa shape index (κ2) is 5.36. The molecule has 0 radical (unpaired) electrons. The van der Waals surface area contributed by atoms with Gasteiger partial charge in [-0.25, -0.2) is 4.98 Å². The van der Waals surface area contributed by atoms with Crippen molar-refractivity contribution in [3.63, 3.8) is 0 Å². The third-order valence-electron chi connectivity index (χ3n) is 2.75. The molecular formula is C13H19N3S. The lowest BCUT2D eigenvalue weighted by Crippen LogP contribution is -2.11. The Balaban J connectivity index is 2.12. The fourth-order valence-corrected chi connectivity index (χ4v) is 2.63. The molecule has 1 N–H and O–H groups in total. The first-order valence-electron chi connectivity index (χ1n) is 6.03. The molecule has 92 valence electrons. The van der Waals surface area contributed by atoms with Gasteiger partial charge in [0.2, 0.25) is 5.95 Å². The molecule has 0 saturated carbocycles. The zero-order valence-corrected chi connectivity index (χ0v) is 11.4. The lowest BCUT2D eigenvalue weighted by molar-refractivity contribution is 0.674. The fraction of sp³-hybridized carbons (Fsp3) is 0.462. The number of anilines is 1. The van der Waals surface area contributed by atoms with Gasteiger partial charge in [-0.05, 0) is 42.7 Å². The zero-order valence-electron chi connectivity index (χ0n) is 10.6. The Morgan fingerprint density at radius 3 is 3.00 bits per heavy atom. The van der Waals surface area contributed by atoms with Crippen molar-refractivity contribution in [2.75, 3.05) is 5.32 Å². The molecule has 2 rings (SSSR count). The van der Waals surface area contributed by atoms with Gasteiger partial charge in [-0.3, -0.25) is 0 Å². The number of aromatic nitrogens is 2. The predicted molar refractivity (Wildman–Crippen MR) is 73.6 cm³/mol. The number of aryl methyl sites for hydroxylation is 2. The number of hydrogen-bond acceptors (Lipinski definition) is 3. The summed E-state index contributed by atoms with van der Waals surface area (Å²) in [5.74, 6) is 0.975. The molecule has 0 aliphatic heterocycles. The number of hydrogen-bond donors (Lipinski definition) is 1. The summed E-state index contributed by atoms with van der Waals surface area (Å²) in [4.78, 5) is 4.53. The molecule has 0 aliphatic carbocycles. The Bertz CT molecular complexity index is 459. The van der Waals surface area contributed by atoms with E-state index in [0.29, 0.717) is 6.04 Å². The highest BCUT2D eigenvalue weighted by atomic mass is 32.1. The number of nitrogens with one attached hydrogen (secondary N) is 1. The Morgan fingerprint density at radius 1 is 1.53 bits per heavy atom. The average molecular weight is 249 g/mol. The van der Waals surface area contributed by atoms with Crippen molar-refractivity contribution in [3.8, 4) is 0 Å². The van der Waals surface area contributed by atoms with E-state index in [0.717, 1.165) is 24.6 Å². The van der Waals surface area contributed by atoms with Crippen LogP contribution in [0.3, 0.4) is 0 Å². The third kappa shape index (κ3) is 2.88. The van der Waals surface area contributed by atoms with E-state index in [1.807, 2.05) is 6.92 Å². The second-order valence-electron chi connectivity index (χ2n) is 4.32. The van der Waals surface area contributed by atoms with Gasteiger partial charge >= 0.3 is 0 Å². The highest BCUT2D eigenvalue weighted by molar-refractivity contribution is 7.07. The minimum absolute atomic E-state index is 0.304. The normalized spacial score (nSPS) is 12.6. The van der Waals surface area contributed by atoms with E-state index < -0.39 is 0 Å². The summed E-state index contributed by atoms with van der Waals surface area (Å²) in [7, 11) is 0. The van der Waals surface area contributed by atoms with Gasteiger partial charge in [0.05, 0.1) is 11.7 Å². The number of rotatable bonds is 5. The maximum absolute atomic E-state index is 4.53. The molecule has 2 heterocycles. The minimum Gasteiger partial charge on any atom is -0.349 e. The zero-order chi connectivity index (χ0) is 12.3. The molecule has 0 saturated heterocycles. The van der Waals surface area contributed by atoms with Crippen LogP contribution in [0.1, 0.15) is 37.6 Å². The van der Waals surface area contributed by atoms with Gasteiger partial charge < -0.3 is 9.88 Å². The van der Waals surface area contributed by atoms with Crippen molar-refractivity contribution in [2.45, 2.75) is 39.8 Å². The minimum atomic E-state index is 0.304. The maximum atomic E-state index is 4.53. The monoisotopic (exact) mass is 249 g/mol. The lowest BCUT2D eigenvalue weighted by Gasteiger charge is -2.14. The van der Waals surface area contributed by atoms with Crippen LogP contribution >= 0.6 is 11.3 Å². The molecular weight excluding hydrogens is 230 g/mol. The molecule has 0 aromatic carbocycles. The first kappa shape index (κ1) is 12.2. The van der Waals surface area contributed by atoms with Crippen LogP contribution in [0.15, 0.2) is 23.0 Å². The van der Waals surface area contributed by atoms with Crippen LogP contribution in [-0.4, -0.2) is 9.55 Å². The van der Waals surface area contributed by atoms with Crippen molar-refractivity contribution in [3.05, 3.63) is 34.3 Å². The highest BCUT2D eigenvalue weighted by Crippen LogP contribution is 2.21. The van der Waals surface area contributed by atoms with E-state index in [9.17, 15) is 0 Å². The van der Waals surface area contributed by atoms with Crippen LogP contribution in [0.5, 0.6) is 0 Å². The first-order chi connectivity index (χ1) is 8.20. The second-order valence-corrected chi connectivity index (χ2v) is 5.10. The molecule has 0 aliphatic rings. The average Bonchev–Trinajstić information content (AvgIpc) is 2.89. The van der Waals surface area contributed by atoms with Crippen LogP contribution in [0.25, 0.3) is 0 Å². The van der Waals surface area contributed by atoms with Gasteiger partial charge in [-0.1, -0.05) is 6.92 Å². The van der Waals surface area contributed by atoms with Crippen molar-refractivity contribution in [1.82, 2.24) is 9.55 Å². The molecule has 1 atom stereocenters. The quantitative estimate of drug-likeness (QED) is 0.872. The summed E-state index contributed by atoms with van der Waals surface area (Å²) in [5.41, 5.74) is 2.39.